The fourth-order valence-corrected chi connectivity index (χ4v) is 4.78. The van der Waals surface area contributed by atoms with Gasteiger partial charge in [0.2, 0.25) is 0 Å². The maximum atomic E-state index is 12.9. The zero-order valence-corrected chi connectivity index (χ0v) is 18.2. The molecule has 0 saturated heterocycles. The molecule has 1 aromatic carbocycles. The molecule has 2 N–H and O–H groups in total. The van der Waals surface area contributed by atoms with Gasteiger partial charge in [0, 0.05) is 50.5 Å². The van der Waals surface area contributed by atoms with E-state index in [1.54, 1.807) is 13.2 Å². The van der Waals surface area contributed by atoms with E-state index in [2.05, 4.69) is 10.6 Å². The number of methoxy groups -OCH3 is 1. The minimum atomic E-state index is -0.194. The Hall–Kier alpha value is -2.38. The highest BCUT2D eigenvalue weighted by atomic mass is 32.1. The molecule has 29 heavy (non-hydrogen) atoms. The molecule has 2 amide bonds. The van der Waals surface area contributed by atoms with Crippen molar-refractivity contribution in [1.82, 2.24) is 5.32 Å². The largest absolute Gasteiger partial charge is 0.385 e. The standard InChI is InChI=1S/C22H29N3O3S/c1-25(2)16-9-6-8-15(14-16)20(26)24-22-19(21(27)23-12-7-13-28-3)17-10-4-5-11-18(17)29-22/h6,8-9,14H,4-5,7,10-13H2,1-3H3,(H,23,27)(H,24,26). The van der Waals surface area contributed by atoms with Crippen molar-refractivity contribution >= 4 is 33.8 Å². The topological polar surface area (TPSA) is 70.7 Å². The highest BCUT2D eigenvalue weighted by Crippen LogP contribution is 2.38. The zero-order valence-electron chi connectivity index (χ0n) is 17.3. The summed E-state index contributed by atoms with van der Waals surface area (Å²) in [4.78, 5) is 29.0. The number of hydrogen-bond acceptors (Lipinski definition) is 5. The summed E-state index contributed by atoms with van der Waals surface area (Å²) in [5.41, 5.74) is 3.27. The summed E-state index contributed by atoms with van der Waals surface area (Å²) < 4.78 is 5.05. The van der Waals surface area contributed by atoms with E-state index in [9.17, 15) is 9.59 Å². The number of anilines is 2. The maximum absolute atomic E-state index is 12.9. The van der Waals surface area contributed by atoms with Crippen LogP contribution >= 0.6 is 11.3 Å². The van der Waals surface area contributed by atoms with Crippen LogP contribution in [-0.4, -0.2) is 46.2 Å². The van der Waals surface area contributed by atoms with Crippen LogP contribution in [0.3, 0.4) is 0 Å². The lowest BCUT2D eigenvalue weighted by Gasteiger charge is -2.14. The van der Waals surface area contributed by atoms with Gasteiger partial charge in [0.15, 0.2) is 0 Å². The Kier molecular flexibility index (Phi) is 7.28. The minimum absolute atomic E-state index is 0.113. The lowest BCUT2D eigenvalue weighted by Crippen LogP contribution is -2.27. The summed E-state index contributed by atoms with van der Waals surface area (Å²) in [7, 11) is 5.53. The van der Waals surface area contributed by atoms with Crippen molar-refractivity contribution in [2.24, 2.45) is 0 Å². The number of hydrogen-bond donors (Lipinski definition) is 2. The highest BCUT2D eigenvalue weighted by molar-refractivity contribution is 7.17. The molecule has 0 atom stereocenters. The first-order valence-electron chi connectivity index (χ1n) is 10.0. The molecule has 0 saturated carbocycles. The van der Waals surface area contributed by atoms with Crippen molar-refractivity contribution in [1.29, 1.82) is 0 Å². The normalized spacial score (nSPS) is 12.9. The van der Waals surface area contributed by atoms with Crippen molar-refractivity contribution in [3.8, 4) is 0 Å². The Labute approximate surface area is 176 Å². The molecule has 0 unspecified atom stereocenters. The van der Waals surface area contributed by atoms with E-state index in [0.29, 0.717) is 29.3 Å². The van der Waals surface area contributed by atoms with Crippen molar-refractivity contribution in [3.63, 3.8) is 0 Å². The molecule has 1 heterocycles. The molecule has 6 nitrogen and oxygen atoms in total. The van der Waals surface area contributed by atoms with Crippen LogP contribution in [-0.2, 0) is 17.6 Å². The summed E-state index contributed by atoms with van der Waals surface area (Å²) in [6, 6.07) is 7.47. The molecule has 156 valence electrons. The van der Waals surface area contributed by atoms with Gasteiger partial charge in [0.25, 0.3) is 11.8 Å². The third-order valence-corrected chi connectivity index (χ3v) is 6.27. The maximum Gasteiger partial charge on any atom is 0.256 e. The van der Waals surface area contributed by atoms with Crippen LogP contribution in [0.25, 0.3) is 0 Å². The number of nitrogens with zero attached hydrogens (tertiary/aromatic N) is 1. The van der Waals surface area contributed by atoms with Crippen LogP contribution in [0.1, 0.15) is 50.4 Å². The van der Waals surface area contributed by atoms with Crippen LogP contribution in [0.4, 0.5) is 10.7 Å². The molecule has 0 spiro atoms. The van der Waals surface area contributed by atoms with Crippen molar-refractivity contribution in [2.75, 3.05) is 44.6 Å². The average molecular weight is 416 g/mol. The quantitative estimate of drug-likeness (QED) is 0.645. The van der Waals surface area contributed by atoms with E-state index in [4.69, 9.17) is 4.74 Å². The van der Waals surface area contributed by atoms with Gasteiger partial charge in [0.1, 0.15) is 5.00 Å². The van der Waals surface area contributed by atoms with E-state index < -0.39 is 0 Å². The predicted molar refractivity (Wildman–Crippen MR) is 119 cm³/mol. The van der Waals surface area contributed by atoms with Crippen LogP contribution in [0.2, 0.25) is 0 Å². The molecule has 0 bridgehead atoms. The summed E-state index contributed by atoms with van der Waals surface area (Å²) in [5, 5.41) is 6.64. The first-order valence-corrected chi connectivity index (χ1v) is 10.8. The Morgan fingerprint density at radius 1 is 1.17 bits per heavy atom. The van der Waals surface area contributed by atoms with Gasteiger partial charge < -0.3 is 20.3 Å². The highest BCUT2D eigenvalue weighted by Gasteiger charge is 2.26. The smallest absolute Gasteiger partial charge is 0.256 e. The third kappa shape index (κ3) is 5.16. The lowest BCUT2D eigenvalue weighted by atomic mass is 9.95. The molecule has 0 radical (unpaired) electrons. The Morgan fingerprint density at radius 3 is 2.72 bits per heavy atom. The molecule has 7 heteroatoms. The van der Waals surface area contributed by atoms with E-state index in [0.717, 1.165) is 43.4 Å². The fourth-order valence-electron chi connectivity index (χ4n) is 3.50. The number of benzene rings is 1. The van der Waals surface area contributed by atoms with Gasteiger partial charge in [-0.15, -0.1) is 11.3 Å². The Balaban J connectivity index is 1.83. The van der Waals surface area contributed by atoms with Gasteiger partial charge >= 0.3 is 0 Å². The molecule has 1 aromatic heterocycles. The SMILES string of the molecule is COCCCNC(=O)c1c(NC(=O)c2cccc(N(C)C)c2)sc2c1CCCC2. The van der Waals surface area contributed by atoms with Crippen LogP contribution in [0.5, 0.6) is 0 Å². The first kappa shape index (κ1) is 21.3. The van der Waals surface area contributed by atoms with Gasteiger partial charge in [-0.2, -0.15) is 0 Å². The summed E-state index contributed by atoms with van der Waals surface area (Å²) >= 11 is 1.54. The summed E-state index contributed by atoms with van der Waals surface area (Å²) in [6.07, 6.45) is 4.81. The molecule has 1 aliphatic rings. The van der Waals surface area contributed by atoms with Crippen molar-refractivity contribution in [2.45, 2.75) is 32.1 Å². The number of aryl methyl sites for hydroxylation is 1. The second kappa shape index (κ2) is 9.89. The number of ether oxygens (including phenoxy) is 1. The van der Waals surface area contributed by atoms with Gasteiger partial charge in [-0.25, -0.2) is 0 Å². The molecular weight excluding hydrogens is 386 g/mol. The molecule has 0 aliphatic heterocycles. The summed E-state index contributed by atoms with van der Waals surface area (Å²) in [5.74, 6) is -0.307. The van der Waals surface area contributed by atoms with Gasteiger partial charge in [0.05, 0.1) is 5.56 Å². The monoisotopic (exact) mass is 415 g/mol. The molecule has 1 aliphatic carbocycles. The Bertz CT molecular complexity index is 876. The number of carbonyl (C=O) groups is 2. The number of rotatable bonds is 8. The number of thiophene rings is 1. The lowest BCUT2D eigenvalue weighted by molar-refractivity contribution is 0.0948. The number of fused-ring (bicyclic) bond motifs is 1. The Morgan fingerprint density at radius 2 is 1.97 bits per heavy atom. The van der Waals surface area contributed by atoms with E-state index in [1.807, 2.05) is 37.2 Å². The molecular formula is C22H29N3O3S. The number of amides is 2. The molecule has 0 fully saturated rings. The molecule has 3 rings (SSSR count). The second-order valence-corrected chi connectivity index (χ2v) is 8.52. The first-order chi connectivity index (χ1) is 14.0. The minimum Gasteiger partial charge on any atom is -0.385 e. The summed E-state index contributed by atoms with van der Waals surface area (Å²) in [6.45, 7) is 1.16. The second-order valence-electron chi connectivity index (χ2n) is 7.42. The average Bonchev–Trinajstić information content (AvgIpc) is 3.09. The van der Waals surface area contributed by atoms with Crippen LogP contribution < -0.4 is 15.5 Å². The third-order valence-electron chi connectivity index (χ3n) is 5.06. The van der Waals surface area contributed by atoms with Crippen molar-refractivity contribution in [3.05, 3.63) is 45.8 Å². The van der Waals surface area contributed by atoms with E-state index in [-0.39, 0.29) is 11.8 Å². The van der Waals surface area contributed by atoms with Gasteiger partial charge in [-0.05, 0) is 55.9 Å². The van der Waals surface area contributed by atoms with Crippen molar-refractivity contribution < 1.29 is 14.3 Å². The van der Waals surface area contributed by atoms with Gasteiger partial charge in [-0.3, -0.25) is 9.59 Å². The fraction of sp³-hybridized carbons (Fsp3) is 0.455. The molecule has 2 aromatic rings. The number of carbonyl (C=O) groups excluding carboxylic acids is 2. The number of nitrogens with one attached hydrogen (secondary N) is 2. The van der Waals surface area contributed by atoms with Gasteiger partial charge in [-0.1, -0.05) is 6.07 Å². The van der Waals surface area contributed by atoms with Crippen LogP contribution in [0.15, 0.2) is 24.3 Å². The zero-order chi connectivity index (χ0) is 20.8. The predicted octanol–water partition coefficient (Wildman–Crippen LogP) is 3.71. The van der Waals surface area contributed by atoms with E-state index in [1.165, 1.54) is 16.2 Å². The van der Waals surface area contributed by atoms with Crippen LogP contribution in [0, 0.1) is 0 Å². The van der Waals surface area contributed by atoms with E-state index >= 15 is 0 Å².